The van der Waals surface area contributed by atoms with Gasteiger partial charge in [-0.2, -0.15) is 0 Å². The van der Waals surface area contributed by atoms with Gasteiger partial charge in [0.2, 0.25) is 0 Å². The van der Waals surface area contributed by atoms with Gasteiger partial charge in [-0.15, -0.1) is 0 Å². The van der Waals surface area contributed by atoms with E-state index >= 15 is 0 Å². The molecule has 68 valence electrons. The molecule has 0 aromatic carbocycles. The van der Waals surface area contributed by atoms with Crippen LogP contribution in [0.15, 0.2) is 22.8 Å². The van der Waals surface area contributed by atoms with Crippen LogP contribution in [0.1, 0.15) is 11.5 Å². The van der Waals surface area contributed by atoms with Gasteiger partial charge in [0, 0.05) is 10.7 Å². The van der Waals surface area contributed by atoms with E-state index in [0.29, 0.717) is 6.54 Å². The zero-order valence-corrected chi connectivity index (χ0v) is 8.87. The van der Waals surface area contributed by atoms with E-state index in [0.717, 1.165) is 21.5 Å². The summed E-state index contributed by atoms with van der Waals surface area (Å²) in [4.78, 5) is 4.37. The lowest BCUT2D eigenvalue weighted by Crippen LogP contribution is -2.02. The average molecular weight is 240 g/mol. The highest BCUT2D eigenvalue weighted by molar-refractivity contribution is 9.10. The first-order chi connectivity index (χ1) is 6.22. The van der Waals surface area contributed by atoms with Gasteiger partial charge in [0.25, 0.3) is 0 Å². The van der Waals surface area contributed by atoms with Crippen LogP contribution in [0.4, 0.5) is 0 Å². The number of rotatable bonds is 1. The fourth-order valence-electron chi connectivity index (χ4n) is 1.43. The quantitative estimate of drug-likeness (QED) is 0.826. The van der Waals surface area contributed by atoms with Gasteiger partial charge in [-0.05, 0) is 35.0 Å². The Labute approximate surface area is 84.7 Å². The molecule has 2 N–H and O–H groups in total. The molecule has 2 aromatic rings. The molecule has 2 rings (SSSR count). The summed E-state index contributed by atoms with van der Waals surface area (Å²) in [6.45, 7) is 2.45. The number of aromatic nitrogens is 2. The molecular weight excluding hydrogens is 230 g/mol. The van der Waals surface area contributed by atoms with E-state index in [1.54, 1.807) is 0 Å². The Morgan fingerprint density at radius 2 is 2.31 bits per heavy atom. The maximum absolute atomic E-state index is 5.58. The molecule has 2 heterocycles. The van der Waals surface area contributed by atoms with Crippen molar-refractivity contribution in [2.45, 2.75) is 13.5 Å². The van der Waals surface area contributed by atoms with Crippen LogP contribution in [-0.4, -0.2) is 9.38 Å². The molecule has 0 bridgehead atoms. The van der Waals surface area contributed by atoms with Gasteiger partial charge in [-0.1, -0.05) is 0 Å². The first-order valence-electron chi connectivity index (χ1n) is 4.05. The largest absolute Gasteiger partial charge is 0.324 e. The van der Waals surface area contributed by atoms with Gasteiger partial charge >= 0.3 is 0 Å². The molecule has 0 atom stereocenters. The topological polar surface area (TPSA) is 43.3 Å². The van der Waals surface area contributed by atoms with Gasteiger partial charge < -0.3 is 10.1 Å². The van der Waals surface area contributed by atoms with Gasteiger partial charge in [-0.3, -0.25) is 0 Å². The zero-order chi connectivity index (χ0) is 9.42. The lowest BCUT2D eigenvalue weighted by Gasteiger charge is -1.98. The maximum Gasteiger partial charge on any atom is 0.127 e. The normalized spacial score (nSPS) is 11.0. The van der Waals surface area contributed by atoms with Gasteiger partial charge in [0.05, 0.1) is 17.8 Å². The molecule has 0 fully saturated rings. The number of fused-ring (bicyclic) bond motifs is 1. The minimum Gasteiger partial charge on any atom is -0.324 e. The summed E-state index contributed by atoms with van der Waals surface area (Å²) in [6, 6.07) is 4.04. The molecule has 4 heteroatoms. The van der Waals surface area contributed by atoms with Gasteiger partial charge in [0.15, 0.2) is 0 Å². The van der Waals surface area contributed by atoms with Crippen LogP contribution in [0, 0.1) is 6.92 Å². The highest BCUT2D eigenvalue weighted by Gasteiger charge is 2.05. The highest BCUT2D eigenvalue weighted by atomic mass is 79.9. The van der Waals surface area contributed by atoms with Crippen molar-refractivity contribution >= 4 is 21.4 Å². The van der Waals surface area contributed by atoms with Crippen molar-refractivity contribution in [1.29, 1.82) is 0 Å². The number of hydrogen-bond donors (Lipinski definition) is 1. The van der Waals surface area contributed by atoms with Crippen LogP contribution in [-0.2, 0) is 6.54 Å². The van der Waals surface area contributed by atoms with Gasteiger partial charge in [-0.25, -0.2) is 4.98 Å². The lowest BCUT2D eigenvalue weighted by molar-refractivity contribution is 0.898. The fraction of sp³-hybridized carbons (Fsp3) is 0.222. The van der Waals surface area contributed by atoms with E-state index in [1.165, 1.54) is 0 Å². The van der Waals surface area contributed by atoms with Crippen LogP contribution in [0.2, 0.25) is 0 Å². The van der Waals surface area contributed by atoms with Crippen molar-refractivity contribution in [3.05, 3.63) is 34.3 Å². The Morgan fingerprint density at radius 3 is 3.00 bits per heavy atom. The van der Waals surface area contributed by atoms with E-state index in [-0.39, 0.29) is 0 Å². The predicted octanol–water partition coefficient (Wildman–Crippen LogP) is 1.86. The van der Waals surface area contributed by atoms with Crippen LogP contribution < -0.4 is 5.73 Å². The second-order valence-corrected chi connectivity index (χ2v) is 3.84. The fourth-order valence-corrected chi connectivity index (χ4v) is 1.77. The number of hydrogen-bond acceptors (Lipinski definition) is 2. The third kappa shape index (κ3) is 1.36. The number of halogens is 1. The Bertz CT molecular complexity index is 447. The summed E-state index contributed by atoms with van der Waals surface area (Å²) < 4.78 is 3.05. The molecule has 0 aliphatic heterocycles. The summed E-state index contributed by atoms with van der Waals surface area (Å²) in [5, 5.41) is 0. The van der Waals surface area contributed by atoms with Crippen LogP contribution in [0.5, 0.6) is 0 Å². The van der Waals surface area contributed by atoms with Crippen LogP contribution in [0.3, 0.4) is 0 Å². The Kier molecular flexibility index (Phi) is 2.09. The number of nitrogens with two attached hydrogens (primary N) is 1. The summed E-state index contributed by atoms with van der Waals surface area (Å²) in [7, 11) is 0. The van der Waals surface area contributed by atoms with E-state index < -0.39 is 0 Å². The van der Waals surface area contributed by atoms with E-state index in [9.17, 15) is 0 Å². The van der Waals surface area contributed by atoms with Crippen LogP contribution in [0.25, 0.3) is 5.52 Å². The number of nitrogens with zero attached hydrogens (tertiary/aromatic N) is 2. The molecule has 13 heavy (non-hydrogen) atoms. The Morgan fingerprint density at radius 1 is 1.54 bits per heavy atom. The first kappa shape index (κ1) is 8.72. The van der Waals surface area contributed by atoms with Crippen molar-refractivity contribution < 1.29 is 0 Å². The molecule has 2 aromatic heterocycles. The van der Waals surface area contributed by atoms with E-state index in [2.05, 4.69) is 20.9 Å². The second kappa shape index (κ2) is 3.12. The molecule has 0 unspecified atom stereocenters. The van der Waals surface area contributed by atoms with Crippen molar-refractivity contribution in [3.63, 3.8) is 0 Å². The molecule has 0 aliphatic rings. The minimum absolute atomic E-state index is 0.464. The Hall–Kier alpha value is -0.870. The van der Waals surface area contributed by atoms with Gasteiger partial charge in [0.1, 0.15) is 5.82 Å². The minimum atomic E-state index is 0.464. The zero-order valence-electron chi connectivity index (χ0n) is 7.29. The van der Waals surface area contributed by atoms with Crippen molar-refractivity contribution in [2.24, 2.45) is 5.73 Å². The van der Waals surface area contributed by atoms with E-state index in [1.807, 2.05) is 29.7 Å². The smallest absolute Gasteiger partial charge is 0.127 e. The monoisotopic (exact) mass is 239 g/mol. The molecule has 0 saturated heterocycles. The average Bonchev–Trinajstić information content (AvgIpc) is 2.42. The third-order valence-corrected chi connectivity index (χ3v) is 2.51. The van der Waals surface area contributed by atoms with Crippen molar-refractivity contribution in [3.8, 4) is 0 Å². The highest BCUT2D eigenvalue weighted by Crippen LogP contribution is 2.16. The van der Waals surface area contributed by atoms with Crippen molar-refractivity contribution in [1.82, 2.24) is 9.38 Å². The summed E-state index contributed by atoms with van der Waals surface area (Å²) >= 11 is 3.42. The van der Waals surface area contributed by atoms with Crippen LogP contribution >= 0.6 is 15.9 Å². The standard InChI is InChI=1S/C9H10BrN3/c1-6-8-3-2-7(10)5-13(8)9(4-11)12-6/h2-3,5H,4,11H2,1H3. The SMILES string of the molecule is Cc1nc(CN)n2cc(Br)ccc12. The maximum atomic E-state index is 5.58. The predicted molar refractivity (Wildman–Crippen MR) is 55.5 cm³/mol. The van der Waals surface area contributed by atoms with E-state index in [4.69, 9.17) is 5.73 Å². The first-order valence-corrected chi connectivity index (χ1v) is 4.85. The molecule has 0 saturated carbocycles. The number of imidazole rings is 1. The molecule has 0 aliphatic carbocycles. The third-order valence-electron chi connectivity index (χ3n) is 2.04. The molecule has 0 spiro atoms. The lowest BCUT2D eigenvalue weighted by atomic mass is 10.3. The molecule has 0 amide bonds. The summed E-state index contributed by atoms with van der Waals surface area (Å²) in [5.41, 5.74) is 7.72. The van der Waals surface area contributed by atoms with Crippen molar-refractivity contribution in [2.75, 3.05) is 0 Å². The Balaban J connectivity index is 2.81. The second-order valence-electron chi connectivity index (χ2n) is 2.92. The molecule has 0 radical (unpaired) electrons. The number of pyridine rings is 1. The summed E-state index contributed by atoms with van der Waals surface area (Å²) in [6.07, 6.45) is 1.98. The summed E-state index contributed by atoms with van der Waals surface area (Å²) in [5.74, 6) is 0.897. The molecular formula is C9H10BrN3. The molecule has 3 nitrogen and oxygen atoms in total. The number of aryl methyl sites for hydroxylation is 1.